The molecule has 1 aliphatic heterocycles. The molecular weight excluding hydrogens is 218 g/mol. The summed E-state index contributed by atoms with van der Waals surface area (Å²) < 4.78 is 0. The smallest absolute Gasteiger partial charge is 0.354 e. The highest BCUT2D eigenvalue weighted by Crippen LogP contribution is 2.23. The van der Waals surface area contributed by atoms with Gasteiger partial charge in [0.2, 0.25) is 0 Å². The third-order valence-corrected chi connectivity index (χ3v) is 2.81. The monoisotopic (exact) mass is 235 g/mol. The SMILES string of the molecule is CC(C)(C)c1nc2c(c(C(=O)O)n1)CNCC2. The fourth-order valence-electron chi connectivity index (χ4n) is 1.86. The highest BCUT2D eigenvalue weighted by molar-refractivity contribution is 5.87. The molecule has 0 aromatic carbocycles. The average molecular weight is 235 g/mol. The molecule has 1 aromatic rings. The van der Waals surface area contributed by atoms with Gasteiger partial charge < -0.3 is 10.4 Å². The van der Waals surface area contributed by atoms with Crippen molar-refractivity contribution in [2.45, 2.75) is 39.2 Å². The van der Waals surface area contributed by atoms with Gasteiger partial charge in [0.1, 0.15) is 5.82 Å². The lowest BCUT2D eigenvalue weighted by molar-refractivity contribution is 0.0687. The minimum atomic E-state index is -0.974. The molecule has 1 aliphatic rings. The van der Waals surface area contributed by atoms with Gasteiger partial charge in [0.15, 0.2) is 5.69 Å². The molecule has 0 spiro atoms. The van der Waals surface area contributed by atoms with Crippen LogP contribution in [-0.4, -0.2) is 27.6 Å². The molecule has 0 amide bonds. The minimum Gasteiger partial charge on any atom is -0.476 e. The van der Waals surface area contributed by atoms with Crippen LogP contribution in [0.3, 0.4) is 0 Å². The van der Waals surface area contributed by atoms with E-state index in [0.29, 0.717) is 12.4 Å². The van der Waals surface area contributed by atoms with Crippen LogP contribution in [-0.2, 0) is 18.4 Å². The van der Waals surface area contributed by atoms with E-state index in [0.717, 1.165) is 24.2 Å². The molecule has 2 rings (SSSR count). The molecule has 1 aromatic heterocycles. The lowest BCUT2D eigenvalue weighted by Crippen LogP contribution is -2.30. The molecule has 0 saturated carbocycles. The number of hydrogen-bond acceptors (Lipinski definition) is 4. The quantitative estimate of drug-likeness (QED) is 0.763. The van der Waals surface area contributed by atoms with Crippen molar-refractivity contribution in [3.05, 3.63) is 22.8 Å². The Kier molecular flexibility index (Phi) is 2.87. The van der Waals surface area contributed by atoms with Gasteiger partial charge in [0.25, 0.3) is 0 Å². The van der Waals surface area contributed by atoms with Crippen molar-refractivity contribution in [3.8, 4) is 0 Å². The molecule has 2 N–H and O–H groups in total. The first-order valence-electron chi connectivity index (χ1n) is 5.74. The summed E-state index contributed by atoms with van der Waals surface area (Å²) in [5.41, 5.74) is 1.52. The van der Waals surface area contributed by atoms with Crippen LogP contribution in [0.4, 0.5) is 0 Å². The van der Waals surface area contributed by atoms with Crippen molar-refractivity contribution >= 4 is 5.97 Å². The predicted octanol–water partition coefficient (Wildman–Crippen LogP) is 1.12. The summed E-state index contributed by atoms with van der Waals surface area (Å²) in [6.07, 6.45) is 0.765. The molecule has 5 nitrogen and oxygen atoms in total. The first kappa shape index (κ1) is 12.0. The van der Waals surface area contributed by atoms with Crippen molar-refractivity contribution in [2.24, 2.45) is 0 Å². The van der Waals surface area contributed by atoms with Gasteiger partial charge in [0.05, 0.1) is 5.69 Å². The number of carbonyl (C=O) groups is 1. The van der Waals surface area contributed by atoms with Crippen molar-refractivity contribution < 1.29 is 9.90 Å². The standard InChI is InChI=1S/C12H17N3O2/c1-12(2,3)11-14-8-4-5-13-6-7(8)9(15-11)10(16)17/h13H,4-6H2,1-3H3,(H,16,17). The van der Waals surface area contributed by atoms with Gasteiger partial charge in [-0.25, -0.2) is 14.8 Å². The van der Waals surface area contributed by atoms with E-state index in [1.165, 1.54) is 0 Å². The fourth-order valence-corrected chi connectivity index (χ4v) is 1.86. The number of nitrogens with zero attached hydrogens (tertiary/aromatic N) is 2. The van der Waals surface area contributed by atoms with Crippen molar-refractivity contribution in [2.75, 3.05) is 6.54 Å². The minimum absolute atomic E-state index is 0.145. The van der Waals surface area contributed by atoms with Gasteiger partial charge in [-0.1, -0.05) is 20.8 Å². The van der Waals surface area contributed by atoms with Crippen LogP contribution in [0.5, 0.6) is 0 Å². The van der Waals surface area contributed by atoms with Crippen LogP contribution in [0.1, 0.15) is 48.3 Å². The van der Waals surface area contributed by atoms with Crippen LogP contribution in [0.25, 0.3) is 0 Å². The molecule has 92 valence electrons. The molecule has 0 saturated heterocycles. The van der Waals surface area contributed by atoms with E-state index in [1.807, 2.05) is 20.8 Å². The summed E-state index contributed by atoms with van der Waals surface area (Å²) in [6.45, 7) is 7.35. The number of aromatic carboxylic acids is 1. The topological polar surface area (TPSA) is 75.1 Å². The Labute approximate surface area is 100 Å². The summed E-state index contributed by atoms with van der Waals surface area (Å²) in [7, 11) is 0. The Morgan fingerprint density at radius 3 is 2.65 bits per heavy atom. The number of carboxylic acids is 1. The van der Waals surface area contributed by atoms with Gasteiger partial charge in [-0.3, -0.25) is 0 Å². The fraction of sp³-hybridized carbons (Fsp3) is 0.583. The van der Waals surface area contributed by atoms with Crippen molar-refractivity contribution in [1.82, 2.24) is 15.3 Å². The molecule has 2 heterocycles. The van der Waals surface area contributed by atoms with Crippen molar-refractivity contribution in [3.63, 3.8) is 0 Å². The highest BCUT2D eigenvalue weighted by Gasteiger charge is 2.26. The van der Waals surface area contributed by atoms with E-state index >= 15 is 0 Å². The summed E-state index contributed by atoms with van der Waals surface area (Å²) in [5.74, 6) is -0.367. The molecule has 0 aliphatic carbocycles. The second-order valence-electron chi connectivity index (χ2n) is 5.30. The second kappa shape index (κ2) is 4.07. The summed E-state index contributed by atoms with van der Waals surface area (Å²) in [6, 6.07) is 0. The maximum Gasteiger partial charge on any atom is 0.354 e. The van der Waals surface area contributed by atoms with E-state index in [9.17, 15) is 9.90 Å². The molecule has 0 radical (unpaired) electrons. The number of hydrogen-bond donors (Lipinski definition) is 2. The molecule has 5 heteroatoms. The van der Waals surface area contributed by atoms with E-state index in [-0.39, 0.29) is 11.1 Å². The molecule has 0 unspecified atom stereocenters. The van der Waals surface area contributed by atoms with Gasteiger partial charge in [0, 0.05) is 30.5 Å². The molecular formula is C12H17N3O2. The van der Waals surface area contributed by atoms with Crippen LogP contribution >= 0.6 is 0 Å². The summed E-state index contributed by atoms with van der Waals surface area (Å²) >= 11 is 0. The van der Waals surface area contributed by atoms with E-state index < -0.39 is 5.97 Å². The van der Waals surface area contributed by atoms with Gasteiger partial charge >= 0.3 is 5.97 Å². The van der Waals surface area contributed by atoms with Gasteiger partial charge in [-0.15, -0.1) is 0 Å². The Morgan fingerprint density at radius 1 is 1.35 bits per heavy atom. The summed E-state index contributed by atoms with van der Waals surface area (Å²) in [4.78, 5) is 20.0. The lowest BCUT2D eigenvalue weighted by Gasteiger charge is -2.23. The van der Waals surface area contributed by atoms with Crippen LogP contribution < -0.4 is 5.32 Å². The van der Waals surface area contributed by atoms with Crippen LogP contribution in [0, 0.1) is 0 Å². The molecule has 0 atom stereocenters. The zero-order valence-corrected chi connectivity index (χ0v) is 10.4. The molecule has 0 bridgehead atoms. The number of aromatic nitrogens is 2. The molecule has 0 fully saturated rings. The van der Waals surface area contributed by atoms with Crippen LogP contribution in [0.15, 0.2) is 0 Å². The first-order valence-corrected chi connectivity index (χ1v) is 5.74. The van der Waals surface area contributed by atoms with E-state index in [1.54, 1.807) is 0 Å². The van der Waals surface area contributed by atoms with Crippen LogP contribution in [0.2, 0.25) is 0 Å². The Balaban J connectivity index is 2.60. The zero-order valence-electron chi connectivity index (χ0n) is 10.4. The Hall–Kier alpha value is -1.49. The van der Waals surface area contributed by atoms with Gasteiger partial charge in [-0.05, 0) is 0 Å². The predicted molar refractivity (Wildman–Crippen MR) is 63.1 cm³/mol. The number of rotatable bonds is 1. The normalized spacial score (nSPS) is 15.5. The third kappa shape index (κ3) is 2.29. The highest BCUT2D eigenvalue weighted by atomic mass is 16.4. The van der Waals surface area contributed by atoms with Crippen molar-refractivity contribution in [1.29, 1.82) is 0 Å². The Bertz CT molecular complexity index is 464. The maximum atomic E-state index is 11.2. The van der Waals surface area contributed by atoms with E-state index in [4.69, 9.17) is 0 Å². The number of fused-ring (bicyclic) bond motifs is 1. The zero-order chi connectivity index (χ0) is 12.6. The first-order chi connectivity index (χ1) is 7.89. The average Bonchev–Trinajstić information content (AvgIpc) is 2.26. The largest absolute Gasteiger partial charge is 0.476 e. The van der Waals surface area contributed by atoms with E-state index in [2.05, 4.69) is 15.3 Å². The van der Waals surface area contributed by atoms with Gasteiger partial charge in [-0.2, -0.15) is 0 Å². The Morgan fingerprint density at radius 2 is 2.06 bits per heavy atom. The number of carboxylic acid groups (broad SMARTS) is 1. The summed E-state index contributed by atoms with van der Waals surface area (Å²) in [5, 5.41) is 12.4. The lowest BCUT2D eigenvalue weighted by atomic mass is 9.94. The maximum absolute atomic E-state index is 11.2. The third-order valence-electron chi connectivity index (χ3n) is 2.81. The number of nitrogens with one attached hydrogen (secondary N) is 1. The molecule has 17 heavy (non-hydrogen) atoms. The second-order valence-corrected chi connectivity index (χ2v) is 5.30.